The highest BCUT2D eigenvalue weighted by Gasteiger charge is 2.41. The molecule has 2 unspecified atom stereocenters. The number of alkyl carbamates (subject to hydrolysis) is 1. The maximum atomic E-state index is 14.1. The molecule has 51 heavy (non-hydrogen) atoms. The van der Waals surface area contributed by atoms with E-state index in [0.29, 0.717) is 31.4 Å². The average Bonchev–Trinajstić information content (AvgIpc) is 3.67. The molecular formula is C34H41F6N5O6. The molecule has 2 N–H and O–H groups in total. The van der Waals surface area contributed by atoms with Crippen LogP contribution in [-0.2, 0) is 33.1 Å². The normalized spacial score (nSPS) is 18.5. The monoisotopic (exact) mass is 729 g/mol. The summed E-state index contributed by atoms with van der Waals surface area (Å²) in [6, 6.07) is 7.38. The van der Waals surface area contributed by atoms with Gasteiger partial charge in [-0.05, 0) is 103 Å². The van der Waals surface area contributed by atoms with Crippen molar-refractivity contribution in [3.8, 4) is 5.75 Å². The van der Waals surface area contributed by atoms with Gasteiger partial charge in [-0.2, -0.15) is 26.3 Å². The minimum Gasteiger partial charge on any atom is -0.493 e. The lowest BCUT2D eigenvalue weighted by Gasteiger charge is -2.31. The predicted octanol–water partition coefficient (Wildman–Crippen LogP) is 7.62. The number of amidine groups is 1. The Morgan fingerprint density at radius 1 is 0.961 bits per heavy atom. The molecule has 0 bridgehead atoms. The molecule has 2 aromatic rings. The van der Waals surface area contributed by atoms with Crippen LogP contribution in [0.5, 0.6) is 5.75 Å². The second-order valence-electron chi connectivity index (χ2n) is 13.9. The second-order valence-corrected chi connectivity index (χ2v) is 13.9. The maximum Gasteiger partial charge on any atom is 0.437 e. The first-order chi connectivity index (χ1) is 23.6. The number of alkyl halides is 6. The van der Waals surface area contributed by atoms with Crippen LogP contribution >= 0.6 is 0 Å². The summed E-state index contributed by atoms with van der Waals surface area (Å²) >= 11 is 0. The van der Waals surface area contributed by atoms with Crippen LogP contribution < -0.4 is 15.4 Å². The van der Waals surface area contributed by atoms with Gasteiger partial charge in [0.1, 0.15) is 17.0 Å². The van der Waals surface area contributed by atoms with Gasteiger partial charge in [-0.1, -0.05) is 17.3 Å². The first kappa shape index (κ1) is 39.1. The summed E-state index contributed by atoms with van der Waals surface area (Å²) in [4.78, 5) is 36.5. The van der Waals surface area contributed by atoms with Crippen molar-refractivity contribution in [3.63, 3.8) is 0 Å². The molecule has 0 aliphatic carbocycles. The van der Waals surface area contributed by atoms with Gasteiger partial charge in [0.2, 0.25) is 12.2 Å². The van der Waals surface area contributed by atoms with Gasteiger partial charge in [0.05, 0.1) is 23.8 Å². The third-order valence-corrected chi connectivity index (χ3v) is 7.37. The van der Waals surface area contributed by atoms with Gasteiger partial charge in [0.25, 0.3) is 0 Å². The van der Waals surface area contributed by atoms with E-state index in [-0.39, 0.29) is 30.4 Å². The molecule has 0 radical (unpaired) electrons. The van der Waals surface area contributed by atoms with E-state index < -0.39 is 64.9 Å². The van der Waals surface area contributed by atoms with E-state index in [2.05, 4.69) is 20.8 Å². The minimum absolute atomic E-state index is 0.0111. The third kappa shape index (κ3) is 11.4. The Kier molecular flexibility index (Phi) is 11.7. The number of carbonyl (C=O) groups is 2. The molecule has 1 saturated heterocycles. The Morgan fingerprint density at radius 3 is 2.24 bits per heavy atom. The molecule has 0 spiro atoms. The number of hydrogen-bond acceptors (Lipinski definition) is 8. The van der Waals surface area contributed by atoms with Crippen LogP contribution in [0.4, 0.5) is 35.9 Å². The maximum absolute atomic E-state index is 14.1. The summed E-state index contributed by atoms with van der Waals surface area (Å²) in [6.07, 6.45) is -10.4. The first-order valence-corrected chi connectivity index (χ1v) is 16.2. The standard InChI is InChI=1S/C34H41F6N5O6/c1-31(2,3)49-29(46)42-28(43-30(47)50-32(4,5)6)45-17-7-10-24(45)27-41-26(44-51-27)21-13-16-25(23(19-21)34(38,39)40)48-18-8-9-20-11-14-22(15-12-20)33(35,36)37/h11-16,19,24,27H,7-10,17-18H2,1-6H3,(H,41,44)(H,42,43,46,47). The lowest BCUT2D eigenvalue weighted by molar-refractivity contribution is -0.139. The van der Waals surface area contributed by atoms with Gasteiger partial charge in [0, 0.05) is 12.1 Å². The smallest absolute Gasteiger partial charge is 0.437 e. The van der Waals surface area contributed by atoms with Crippen molar-refractivity contribution in [2.75, 3.05) is 13.2 Å². The van der Waals surface area contributed by atoms with Crippen LogP contribution in [0, 0.1) is 0 Å². The summed E-state index contributed by atoms with van der Waals surface area (Å²) in [7, 11) is 0. The van der Waals surface area contributed by atoms with Crippen LogP contribution in [-0.4, -0.2) is 65.5 Å². The number of rotatable bonds is 7. The molecule has 280 valence electrons. The van der Waals surface area contributed by atoms with Crippen LogP contribution in [0.1, 0.15) is 83.1 Å². The molecule has 17 heteroatoms. The van der Waals surface area contributed by atoms with Gasteiger partial charge in [-0.15, -0.1) is 4.99 Å². The largest absolute Gasteiger partial charge is 0.493 e. The van der Waals surface area contributed by atoms with E-state index in [4.69, 9.17) is 19.0 Å². The fourth-order valence-corrected chi connectivity index (χ4v) is 5.24. The number of ether oxygens (including phenoxy) is 3. The minimum atomic E-state index is -4.79. The fraction of sp³-hybridized carbons (Fsp3) is 0.529. The lowest BCUT2D eigenvalue weighted by atomic mass is 10.1. The lowest BCUT2D eigenvalue weighted by Crippen LogP contribution is -2.54. The zero-order valence-electron chi connectivity index (χ0n) is 29.0. The van der Waals surface area contributed by atoms with Crippen LogP contribution in [0.15, 0.2) is 52.6 Å². The molecule has 2 aliphatic rings. The van der Waals surface area contributed by atoms with E-state index in [1.165, 1.54) is 18.2 Å². The summed E-state index contributed by atoms with van der Waals surface area (Å²) in [5, 5.41) is 9.49. The third-order valence-electron chi connectivity index (χ3n) is 7.37. The van der Waals surface area contributed by atoms with Gasteiger partial charge >= 0.3 is 24.5 Å². The van der Waals surface area contributed by atoms with Gasteiger partial charge < -0.3 is 29.3 Å². The topological polar surface area (TPSA) is 123 Å². The number of oxime groups is 1. The number of likely N-dealkylation sites (tertiary alicyclic amines) is 1. The molecule has 11 nitrogen and oxygen atoms in total. The van der Waals surface area contributed by atoms with Crippen molar-refractivity contribution in [3.05, 3.63) is 64.7 Å². The van der Waals surface area contributed by atoms with E-state index in [9.17, 15) is 35.9 Å². The highest BCUT2D eigenvalue weighted by Crippen LogP contribution is 2.37. The number of benzene rings is 2. The van der Waals surface area contributed by atoms with E-state index >= 15 is 0 Å². The second kappa shape index (κ2) is 15.3. The highest BCUT2D eigenvalue weighted by atomic mass is 19.4. The molecule has 2 atom stereocenters. The quantitative estimate of drug-likeness (QED) is 0.129. The summed E-state index contributed by atoms with van der Waals surface area (Å²) in [6.45, 7) is 10.2. The van der Waals surface area contributed by atoms with E-state index in [1.54, 1.807) is 46.4 Å². The number of carbonyl (C=O) groups excluding carboxylic acids is 2. The van der Waals surface area contributed by atoms with Gasteiger partial charge in [-0.3, -0.25) is 5.32 Å². The number of guanidine groups is 1. The molecule has 2 aliphatic heterocycles. The molecule has 0 aromatic heterocycles. The average molecular weight is 730 g/mol. The van der Waals surface area contributed by atoms with Crippen molar-refractivity contribution >= 4 is 24.0 Å². The van der Waals surface area contributed by atoms with Gasteiger partial charge in [-0.25, -0.2) is 9.59 Å². The van der Waals surface area contributed by atoms with Crippen molar-refractivity contribution in [1.29, 1.82) is 0 Å². The van der Waals surface area contributed by atoms with Crippen molar-refractivity contribution < 1.29 is 55.0 Å². The SMILES string of the molecule is CC(C)(C)OC(=O)/N=C(\NC(=O)OC(C)(C)C)N1CCCC1C1NC(c2ccc(OCCCc3ccc(C(F)(F)F)cc3)c(C(F)(F)F)c2)=NO1. The Hall–Kier alpha value is -4.70. The number of amides is 2. The molecular weight excluding hydrogens is 688 g/mol. The summed E-state index contributed by atoms with van der Waals surface area (Å²) in [5.41, 5.74) is -2.92. The van der Waals surface area contributed by atoms with Crippen LogP contribution in [0.2, 0.25) is 0 Å². The van der Waals surface area contributed by atoms with E-state index in [1.807, 2.05) is 0 Å². The number of halogens is 6. The van der Waals surface area contributed by atoms with E-state index in [0.717, 1.165) is 24.3 Å². The van der Waals surface area contributed by atoms with Crippen LogP contribution in [0.25, 0.3) is 0 Å². The zero-order valence-corrected chi connectivity index (χ0v) is 29.0. The summed E-state index contributed by atoms with van der Waals surface area (Å²) < 4.78 is 96.9. The number of aryl methyl sites for hydroxylation is 1. The number of nitrogens with zero attached hydrogens (tertiary/aromatic N) is 3. The molecule has 2 aromatic carbocycles. The molecule has 2 amide bonds. The fourth-order valence-electron chi connectivity index (χ4n) is 5.24. The first-order valence-electron chi connectivity index (χ1n) is 16.2. The Balaban J connectivity index is 1.44. The Labute approximate surface area is 291 Å². The van der Waals surface area contributed by atoms with Crippen LogP contribution in [0.3, 0.4) is 0 Å². The molecule has 2 heterocycles. The molecule has 1 fully saturated rings. The Bertz CT molecular complexity index is 1610. The zero-order chi connectivity index (χ0) is 37.8. The predicted molar refractivity (Wildman–Crippen MR) is 174 cm³/mol. The number of aliphatic imine (C=N–C) groups is 1. The molecule has 4 rings (SSSR count). The molecule has 0 saturated carbocycles. The summed E-state index contributed by atoms with van der Waals surface area (Å²) in [5.74, 6) is -0.566. The Morgan fingerprint density at radius 2 is 1.63 bits per heavy atom. The van der Waals surface area contributed by atoms with Gasteiger partial charge in [0.15, 0.2) is 5.84 Å². The highest BCUT2D eigenvalue weighted by molar-refractivity contribution is 6.00. The van der Waals surface area contributed by atoms with Crippen molar-refractivity contribution in [2.45, 2.75) is 103 Å². The number of nitrogens with one attached hydrogen (secondary N) is 2. The van der Waals surface area contributed by atoms with Crippen molar-refractivity contribution in [1.82, 2.24) is 15.5 Å². The van der Waals surface area contributed by atoms with Crippen molar-refractivity contribution in [2.24, 2.45) is 10.1 Å². The number of hydrogen-bond donors (Lipinski definition) is 2.